The first kappa shape index (κ1) is 20.8. The summed E-state index contributed by atoms with van der Waals surface area (Å²) < 4.78 is 4.85. The maximum atomic E-state index is 12.6. The molecule has 10 heteroatoms. The second-order valence-electron chi connectivity index (χ2n) is 6.28. The minimum absolute atomic E-state index is 0.0218. The summed E-state index contributed by atoms with van der Waals surface area (Å²) in [4.78, 5) is 48.4. The van der Waals surface area contributed by atoms with E-state index in [2.05, 4.69) is 0 Å². The van der Waals surface area contributed by atoms with E-state index >= 15 is 0 Å². The fraction of sp³-hybridized carbons (Fsp3) is 0.471. The number of rotatable bonds is 5. The van der Waals surface area contributed by atoms with Gasteiger partial charge in [0, 0.05) is 12.8 Å². The summed E-state index contributed by atoms with van der Waals surface area (Å²) in [7, 11) is 1.89. The average Bonchev–Trinajstić information content (AvgIpc) is 2.64. The largest absolute Gasteiger partial charge is 0.502 e. The monoisotopic (exact) mass is 396 g/mol. The summed E-state index contributed by atoms with van der Waals surface area (Å²) in [6.45, 7) is -0.581. The van der Waals surface area contributed by atoms with Gasteiger partial charge in [0.2, 0.25) is 17.6 Å². The number of imide groups is 1. The van der Waals surface area contributed by atoms with Crippen LogP contribution in [-0.2, 0) is 9.59 Å². The van der Waals surface area contributed by atoms with E-state index in [1.54, 1.807) is 0 Å². The number of benzene rings is 1. The lowest BCUT2D eigenvalue weighted by Gasteiger charge is -2.21. The summed E-state index contributed by atoms with van der Waals surface area (Å²) >= 11 is 0. The van der Waals surface area contributed by atoms with Gasteiger partial charge in [-0.3, -0.25) is 29.4 Å². The maximum Gasteiger partial charge on any atom is 0.315 e. The zero-order valence-corrected chi connectivity index (χ0v) is 15.8. The third kappa shape index (κ3) is 5.23. The molecule has 1 aliphatic heterocycles. The van der Waals surface area contributed by atoms with Crippen molar-refractivity contribution in [3.05, 3.63) is 27.8 Å². The van der Waals surface area contributed by atoms with Crippen molar-refractivity contribution in [3.63, 3.8) is 0 Å². The fourth-order valence-corrected chi connectivity index (χ4v) is 3.05. The van der Waals surface area contributed by atoms with E-state index in [-0.39, 0.29) is 24.2 Å². The van der Waals surface area contributed by atoms with Crippen LogP contribution in [0.2, 0.25) is 0 Å². The SMILES string of the molecule is O=C(CN1C(=O)CCCCCCCC1=O)c1cc(OP)cc([N+](=O)[O-])c1O. The third-order valence-corrected chi connectivity index (χ3v) is 4.65. The molecule has 1 aromatic carbocycles. The number of phenolic OH excluding ortho intramolecular Hbond substituents is 1. The van der Waals surface area contributed by atoms with Crippen LogP contribution in [0.25, 0.3) is 0 Å². The zero-order valence-electron chi connectivity index (χ0n) is 14.7. The first-order chi connectivity index (χ1) is 12.8. The Bertz CT molecular complexity index is 746. The fourth-order valence-electron chi connectivity index (χ4n) is 2.91. The van der Waals surface area contributed by atoms with Crippen molar-refractivity contribution in [1.82, 2.24) is 4.90 Å². The van der Waals surface area contributed by atoms with Gasteiger partial charge in [-0.25, -0.2) is 0 Å². The van der Waals surface area contributed by atoms with Gasteiger partial charge in [-0.05, 0) is 18.9 Å². The topological polar surface area (TPSA) is 127 Å². The molecular weight excluding hydrogens is 375 g/mol. The number of hydrogen-bond acceptors (Lipinski definition) is 7. The molecule has 27 heavy (non-hydrogen) atoms. The molecule has 0 aliphatic carbocycles. The van der Waals surface area contributed by atoms with Crippen LogP contribution >= 0.6 is 9.47 Å². The standard InChI is InChI=1S/C17H21N2O7P/c20-14(12-8-11(26-27)9-13(17(12)23)19(24)25)10-18-15(21)6-4-2-1-3-5-7-16(18)22/h8-9,23H,1-7,10,27H2. The number of nitrogens with zero attached hydrogens (tertiary/aromatic N) is 2. The molecule has 1 saturated heterocycles. The maximum absolute atomic E-state index is 12.6. The Morgan fingerprint density at radius 1 is 1.15 bits per heavy atom. The van der Waals surface area contributed by atoms with Gasteiger partial charge in [-0.15, -0.1) is 0 Å². The Balaban J connectivity index is 2.30. The highest BCUT2D eigenvalue weighted by Gasteiger charge is 2.29. The van der Waals surface area contributed by atoms with E-state index in [0.29, 0.717) is 12.8 Å². The van der Waals surface area contributed by atoms with Gasteiger partial charge in [0.15, 0.2) is 5.78 Å². The molecular formula is C17H21N2O7P. The van der Waals surface area contributed by atoms with Crippen LogP contribution in [0.5, 0.6) is 11.5 Å². The number of nitro groups is 1. The number of hydrogen-bond donors (Lipinski definition) is 1. The number of phenols is 1. The molecule has 1 fully saturated rings. The third-order valence-electron chi connectivity index (χ3n) is 4.38. The van der Waals surface area contributed by atoms with Crippen molar-refractivity contribution < 1.29 is 28.9 Å². The van der Waals surface area contributed by atoms with Crippen LogP contribution in [0.1, 0.15) is 55.3 Å². The second kappa shape index (κ2) is 9.41. The first-order valence-corrected chi connectivity index (χ1v) is 9.06. The molecule has 1 heterocycles. The Labute approximate surface area is 158 Å². The summed E-state index contributed by atoms with van der Waals surface area (Å²) in [6.07, 6.45) is 4.27. The van der Waals surface area contributed by atoms with Crippen LogP contribution in [0.3, 0.4) is 0 Å². The van der Waals surface area contributed by atoms with Gasteiger partial charge >= 0.3 is 5.69 Å². The van der Waals surface area contributed by atoms with Crippen molar-refractivity contribution in [3.8, 4) is 11.5 Å². The summed E-state index contributed by atoms with van der Waals surface area (Å²) in [6, 6.07) is 2.10. The number of carbonyl (C=O) groups is 3. The number of carbonyl (C=O) groups excluding carboxylic acids is 3. The Morgan fingerprint density at radius 2 is 1.70 bits per heavy atom. The lowest BCUT2D eigenvalue weighted by molar-refractivity contribution is -0.385. The Morgan fingerprint density at radius 3 is 2.22 bits per heavy atom. The molecule has 0 saturated carbocycles. The lowest BCUT2D eigenvalue weighted by Crippen LogP contribution is -2.40. The molecule has 0 aromatic heterocycles. The summed E-state index contributed by atoms with van der Waals surface area (Å²) in [5.41, 5.74) is -1.07. The average molecular weight is 396 g/mol. The minimum atomic E-state index is -0.848. The van der Waals surface area contributed by atoms with E-state index < -0.39 is 40.5 Å². The smallest absolute Gasteiger partial charge is 0.315 e. The van der Waals surface area contributed by atoms with Gasteiger partial charge < -0.3 is 9.63 Å². The second-order valence-corrected chi connectivity index (χ2v) is 6.51. The normalized spacial score (nSPS) is 16.1. The molecule has 1 aromatic rings. The number of amides is 2. The molecule has 9 nitrogen and oxygen atoms in total. The molecule has 2 amide bonds. The van der Waals surface area contributed by atoms with E-state index in [4.69, 9.17) is 4.52 Å². The van der Waals surface area contributed by atoms with E-state index in [0.717, 1.165) is 36.3 Å². The van der Waals surface area contributed by atoms with Gasteiger partial charge in [-0.2, -0.15) is 0 Å². The van der Waals surface area contributed by atoms with Crippen LogP contribution < -0.4 is 4.52 Å². The van der Waals surface area contributed by atoms with Gasteiger partial charge in [0.05, 0.1) is 32.6 Å². The minimum Gasteiger partial charge on any atom is -0.502 e. The molecule has 1 N–H and O–H groups in total. The predicted octanol–water partition coefficient (Wildman–Crippen LogP) is 2.75. The number of ketones is 1. The van der Waals surface area contributed by atoms with Crippen LogP contribution in [0.4, 0.5) is 5.69 Å². The van der Waals surface area contributed by atoms with Crippen molar-refractivity contribution in [2.24, 2.45) is 0 Å². The van der Waals surface area contributed by atoms with Crippen LogP contribution in [0, 0.1) is 10.1 Å². The quantitative estimate of drug-likeness (QED) is 0.266. The van der Waals surface area contributed by atoms with Gasteiger partial charge in [-0.1, -0.05) is 19.3 Å². The van der Waals surface area contributed by atoms with Crippen molar-refractivity contribution in [1.29, 1.82) is 0 Å². The number of aromatic hydroxyl groups is 1. The molecule has 146 valence electrons. The van der Waals surface area contributed by atoms with E-state index in [1.807, 2.05) is 9.47 Å². The van der Waals surface area contributed by atoms with Crippen molar-refractivity contribution in [2.75, 3.05) is 6.54 Å². The molecule has 1 aliphatic rings. The van der Waals surface area contributed by atoms with Crippen LogP contribution in [-0.4, -0.2) is 39.1 Å². The zero-order chi connectivity index (χ0) is 20.0. The number of Topliss-reactive ketones (excluding diaryl/α,β-unsaturated/α-hetero) is 1. The Hall–Kier alpha value is -2.54. The molecule has 1 unspecified atom stereocenters. The summed E-state index contributed by atoms with van der Waals surface area (Å²) in [5.74, 6) is -2.54. The Kier molecular flexibility index (Phi) is 7.24. The van der Waals surface area contributed by atoms with Crippen molar-refractivity contribution in [2.45, 2.75) is 44.9 Å². The van der Waals surface area contributed by atoms with E-state index in [1.165, 1.54) is 0 Å². The molecule has 0 spiro atoms. The molecule has 0 bridgehead atoms. The summed E-state index contributed by atoms with van der Waals surface area (Å²) in [5, 5.41) is 21.1. The molecule has 0 radical (unpaired) electrons. The van der Waals surface area contributed by atoms with Gasteiger partial charge in [0.25, 0.3) is 0 Å². The van der Waals surface area contributed by atoms with E-state index in [9.17, 15) is 29.6 Å². The lowest BCUT2D eigenvalue weighted by atomic mass is 10.0. The molecule has 2 rings (SSSR count). The predicted molar refractivity (Wildman–Crippen MR) is 98.5 cm³/mol. The van der Waals surface area contributed by atoms with Gasteiger partial charge in [0.1, 0.15) is 5.75 Å². The first-order valence-electron chi connectivity index (χ1n) is 8.59. The molecule has 1 atom stereocenters. The van der Waals surface area contributed by atoms with Crippen molar-refractivity contribution >= 4 is 32.8 Å². The number of nitro benzene ring substituents is 1. The highest BCUT2D eigenvalue weighted by Crippen LogP contribution is 2.35. The highest BCUT2D eigenvalue weighted by atomic mass is 31.0. The van der Waals surface area contributed by atoms with Crippen LogP contribution in [0.15, 0.2) is 12.1 Å². The highest BCUT2D eigenvalue weighted by molar-refractivity contribution is 7.10.